The summed E-state index contributed by atoms with van der Waals surface area (Å²) in [5.74, 6) is -3.33. The van der Waals surface area contributed by atoms with Gasteiger partial charge in [0.15, 0.2) is 0 Å². The Balaban J connectivity index is 1.94. The highest BCUT2D eigenvalue weighted by Gasteiger charge is 2.38. The molecule has 0 fully saturated rings. The van der Waals surface area contributed by atoms with E-state index in [1.807, 2.05) is 0 Å². The first-order valence-electron chi connectivity index (χ1n) is 6.77. The molecule has 2 N–H and O–H groups in total. The van der Waals surface area contributed by atoms with Crippen molar-refractivity contribution in [3.63, 3.8) is 0 Å². The zero-order valence-electron chi connectivity index (χ0n) is 12.2. The van der Waals surface area contributed by atoms with E-state index >= 15 is 0 Å². The van der Waals surface area contributed by atoms with Gasteiger partial charge in [-0.2, -0.15) is 13.2 Å². The van der Waals surface area contributed by atoms with Crippen LogP contribution in [0, 0.1) is 5.82 Å². The highest BCUT2D eigenvalue weighted by molar-refractivity contribution is 5.95. The molecule has 0 aliphatic rings. The van der Waals surface area contributed by atoms with Gasteiger partial charge in [0.1, 0.15) is 5.82 Å². The lowest BCUT2D eigenvalue weighted by molar-refractivity contribution is -0.167. The van der Waals surface area contributed by atoms with E-state index in [4.69, 9.17) is 0 Å². The third-order valence-corrected chi connectivity index (χ3v) is 3.04. The van der Waals surface area contributed by atoms with Gasteiger partial charge in [-0.1, -0.05) is 24.3 Å². The Kier molecular flexibility index (Phi) is 5.18. The summed E-state index contributed by atoms with van der Waals surface area (Å²) in [6, 6.07) is 10.9. The van der Waals surface area contributed by atoms with Crippen molar-refractivity contribution in [3.8, 4) is 0 Å². The van der Waals surface area contributed by atoms with E-state index in [1.165, 1.54) is 42.5 Å². The molecule has 0 saturated heterocycles. The van der Waals surface area contributed by atoms with Crippen LogP contribution in [0.3, 0.4) is 0 Å². The van der Waals surface area contributed by atoms with E-state index in [0.717, 1.165) is 6.07 Å². The van der Waals surface area contributed by atoms with Gasteiger partial charge in [0.25, 0.3) is 5.91 Å². The highest BCUT2D eigenvalue weighted by atomic mass is 19.4. The van der Waals surface area contributed by atoms with Crippen molar-refractivity contribution >= 4 is 17.5 Å². The summed E-state index contributed by atoms with van der Waals surface area (Å²) in [5, 5.41) is 4.20. The molecule has 0 aliphatic heterocycles. The number of hydrogen-bond donors (Lipinski definition) is 2. The number of alkyl halides is 3. The molecule has 2 aromatic carbocycles. The Morgan fingerprint density at radius 1 is 0.958 bits per heavy atom. The van der Waals surface area contributed by atoms with Crippen molar-refractivity contribution in [1.82, 2.24) is 5.32 Å². The van der Waals surface area contributed by atoms with Crippen molar-refractivity contribution in [2.45, 2.75) is 12.7 Å². The third kappa shape index (κ3) is 4.55. The molecular formula is C16H12F4N2O2. The molecule has 0 aliphatic carbocycles. The molecule has 0 aromatic heterocycles. The Morgan fingerprint density at radius 3 is 2.17 bits per heavy atom. The van der Waals surface area contributed by atoms with E-state index < -0.39 is 23.8 Å². The molecule has 4 nitrogen and oxygen atoms in total. The molecule has 0 unspecified atom stereocenters. The molecule has 0 spiro atoms. The Hall–Kier alpha value is -2.90. The van der Waals surface area contributed by atoms with Crippen LogP contribution in [-0.2, 0) is 11.3 Å². The topological polar surface area (TPSA) is 58.2 Å². The number of halogens is 4. The van der Waals surface area contributed by atoms with Gasteiger partial charge in [-0.15, -0.1) is 0 Å². The van der Waals surface area contributed by atoms with Gasteiger partial charge >= 0.3 is 12.1 Å². The molecule has 0 bridgehead atoms. The highest BCUT2D eigenvalue weighted by Crippen LogP contribution is 2.18. The Bertz CT molecular complexity index is 742. The van der Waals surface area contributed by atoms with Gasteiger partial charge in [-0.3, -0.25) is 9.59 Å². The van der Waals surface area contributed by atoms with Gasteiger partial charge in [0.05, 0.1) is 5.56 Å². The molecule has 0 atom stereocenters. The van der Waals surface area contributed by atoms with Gasteiger partial charge in [0, 0.05) is 12.2 Å². The quantitative estimate of drug-likeness (QED) is 0.840. The maximum atomic E-state index is 13.4. The summed E-state index contributed by atoms with van der Waals surface area (Å²) >= 11 is 0. The third-order valence-electron chi connectivity index (χ3n) is 3.04. The second-order valence-corrected chi connectivity index (χ2v) is 4.81. The van der Waals surface area contributed by atoms with Crippen LogP contribution in [0.1, 0.15) is 15.9 Å². The largest absolute Gasteiger partial charge is 0.471 e. The van der Waals surface area contributed by atoms with Crippen LogP contribution < -0.4 is 10.6 Å². The van der Waals surface area contributed by atoms with Crippen LogP contribution in [0.15, 0.2) is 48.5 Å². The van der Waals surface area contributed by atoms with Crippen LogP contribution in [0.25, 0.3) is 0 Å². The molecule has 126 valence electrons. The van der Waals surface area contributed by atoms with Gasteiger partial charge in [-0.25, -0.2) is 4.39 Å². The molecule has 0 heterocycles. The monoisotopic (exact) mass is 340 g/mol. The number of carbonyl (C=O) groups is 2. The number of anilines is 1. The lowest BCUT2D eigenvalue weighted by Gasteiger charge is -2.09. The summed E-state index contributed by atoms with van der Waals surface area (Å²) < 4.78 is 49.8. The number of carbonyl (C=O) groups excluding carboxylic acids is 2. The molecule has 0 radical (unpaired) electrons. The molecule has 8 heteroatoms. The lowest BCUT2D eigenvalue weighted by Crippen LogP contribution is -2.29. The number of benzene rings is 2. The van der Waals surface area contributed by atoms with E-state index in [1.54, 1.807) is 5.32 Å². The van der Waals surface area contributed by atoms with Gasteiger partial charge < -0.3 is 10.6 Å². The predicted octanol–water partition coefficient (Wildman–Crippen LogP) is 3.26. The predicted molar refractivity (Wildman–Crippen MR) is 78.7 cm³/mol. The standard InChI is InChI=1S/C16H12F4N2O2/c17-13-4-2-1-3-12(13)14(23)21-9-10-5-7-11(8-6-10)22-15(24)16(18,19)20/h1-8H,9H2,(H,21,23)(H,22,24). The summed E-state index contributed by atoms with van der Waals surface area (Å²) in [6.07, 6.45) is -4.97. The van der Waals surface area contributed by atoms with Crippen LogP contribution >= 0.6 is 0 Å². The fourth-order valence-electron chi connectivity index (χ4n) is 1.83. The zero-order valence-corrected chi connectivity index (χ0v) is 12.2. The lowest BCUT2D eigenvalue weighted by atomic mass is 10.1. The van der Waals surface area contributed by atoms with Crippen LogP contribution in [0.4, 0.5) is 23.2 Å². The van der Waals surface area contributed by atoms with E-state index in [9.17, 15) is 27.2 Å². The maximum absolute atomic E-state index is 13.4. The second-order valence-electron chi connectivity index (χ2n) is 4.81. The number of amides is 2. The minimum atomic E-state index is -4.97. The first-order valence-corrected chi connectivity index (χ1v) is 6.77. The average Bonchev–Trinajstić information content (AvgIpc) is 2.53. The fourth-order valence-corrected chi connectivity index (χ4v) is 1.83. The number of nitrogens with one attached hydrogen (secondary N) is 2. The van der Waals surface area contributed by atoms with Crippen molar-refractivity contribution in [2.75, 3.05) is 5.32 Å². The van der Waals surface area contributed by atoms with Crippen LogP contribution in [-0.4, -0.2) is 18.0 Å². The summed E-state index contributed by atoms with van der Waals surface area (Å²) in [7, 11) is 0. The maximum Gasteiger partial charge on any atom is 0.471 e. The van der Waals surface area contributed by atoms with E-state index in [2.05, 4.69) is 5.32 Å². The van der Waals surface area contributed by atoms with Crippen molar-refractivity contribution in [2.24, 2.45) is 0 Å². The first-order chi connectivity index (χ1) is 11.3. The smallest absolute Gasteiger partial charge is 0.348 e. The van der Waals surface area contributed by atoms with E-state index in [-0.39, 0.29) is 17.8 Å². The van der Waals surface area contributed by atoms with Crippen LogP contribution in [0.2, 0.25) is 0 Å². The van der Waals surface area contributed by atoms with Crippen molar-refractivity contribution in [1.29, 1.82) is 0 Å². The van der Waals surface area contributed by atoms with Crippen LogP contribution in [0.5, 0.6) is 0 Å². The SMILES string of the molecule is O=C(NCc1ccc(NC(=O)C(F)(F)F)cc1)c1ccccc1F. The summed E-state index contributed by atoms with van der Waals surface area (Å²) in [6.45, 7) is 0.0562. The fraction of sp³-hybridized carbons (Fsp3) is 0.125. The normalized spacial score (nSPS) is 11.0. The Morgan fingerprint density at radius 2 is 1.58 bits per heavy atom. The molecule has 2 rings (SSSR count). The van der Waals surface area contributed by atoms with Gasteiger partial charge in [-0.05, 0) is 29.8 Å². The minimum absolute atomic E-state index is 0.0264. The second kappa shape index (κ2) is 7.12. The van der Waals surface area contributed by atoms with Crippen molar-refractivity contribution < 1.29 is 27.2 Å². The van der Waals surface area contributed by atoms with E-state index in [0.29, 0.717) is 5.56 Å². The Labute approximate surface area is 134 Å². The summed E-state index contributed by atoms with van der Waals surface area (Å²) in [4.78, 5) is 22.6. The van der Waals surface area contributed by atoms with Crippen molar-refractivity contribution in [3.05, 3.63) is 65.5 Å². The number of hydrogen-bond acceptors (Lipinski definition) is 2. The molecule has 2 aromatic rings. The molecule has 0 saturated carbocycles. The number of rotatable bonds is 4. The average molecular weight is 340 g/mol. The molecule has 24 heavy (non-hydrogen) atoms. The van der Waals surface area contributed by atoms with Gasteiger partial charge in [0.2, 0.25) is 0 Å². The first kappa shape index (κ1) is 17.5. The molecule has 2 amide bonds. The minimum Gasteiger partial charge on any atom is -0.348 e. The summed E-state index contributed by atoms with van der Waals surface area (Å²) in [5.41, 5.74) is 0.442. The molecular weight excluding hydrogens is 328 g/mol. The zero-order chi connectivity index (χ0) is 17.7.